The van der Waals surface area contributed by atoms with Crippen molar-refractivity contribution in [1.29, 1.82) is 0 Å². The number of hydrogen-bond acceptors (Lipinski definition) is 5. The first-order valence-corrected chi connectivity index (χ1v) is 15.4. The van der Waals surface area contributed by atoms with Crippen LogP contribution in [0, 0.1) is 0 Å². The van der Waals surface area contributed by atoms with E-state index in [0.717, 1.165) is 24.9 Å². The van der Waals surface area contributed by atoms with Gasteiger partial charge < -0.3 is 29.6 Å². The standard InChI is InChI=1S/C21H48N2O5Si2/c1-15(2)25-20(26-16(3)4)29-13-9-11-22-19(24)23-12-10-14-30-21(27-17(5)6)28-18(7)8/h15-18,20-21H,9-14,29-30H2,1-8H3,(H2,22,23,24). The molecule has 2 N–H and O–H groups in total. The first-order chi connectivity index (χ1) is 14.1. The Labute approximate surface area is 189 Å². The van der Waals surface area contributed by atoms with Gasteiger partial charge in [-0.3, -0.25) is 0 Å². The van der Waals surface area contributed by atoms with Crippen molar-refractivity contribution in [3.05, 3.63) is 0 Å². The van der Waals surface area contributed by atoms with Gasteiger partial charge in [-0.25, -0.2) is 4.79 Å². The topological polar surface area (TPSA) is 78.1 Å². The highest BCUT2D eigenvalue weighted by atomic mass is 28.2. The van der Waals surface area contributed by atoms with E-state index in [1.54, 1.807) is 0 Å². The van der Waals surface area contributed by atoms with E-state index in [0.29, 0.717) is 13.1 Å². The van der Waals surface area contributed by atoms with E-state index in [1.807, 2.05) is 55.4 Å². The molecule has 0 fully saturated rings. The first-order valence-electron chi connectivity index (χ1n) is 11.7. The minimum atomic E-state index is -0.488. The van der Waals surface area contributed by atoms with E-state index >= 15 is 0 Å². The number of rotatable bonds is 18. The Balaban J connectivity index is 3.82. The van der Waals surface area contributed by atoms with Gasteiger partial charge in [-0.1, -0.05) is 12.1 Å². The summed E-state index contributed by atoms with van der Waals surface area (Å²) in [6.07, 6.45) is 2.64. The molecule has 0 rings (SSSR count). The second-order valence-corrected chi connectivity index (χ2v) is 12.7. The Kier molecular flexibility index (Phi) is 17.9. The molecule has 9 heteroatoms. The second-order valence-electron chi connectivity index (χ2n) is 8.77. The maximum Gasteiger partial charge on any atom is 0.314 e. The summed E-state index contributed by atoms with van der Waals surface area (Å²) in [7, 11) is -0.976. The molecule has 0 aliphatic rings. The van der Waals surface area contributed by atoms with E-state index in [4.69, 9.17) is 18.9 Å². The van der Waals surface area contributed by atoms with Crippen molar-refractivity contribution in [1.82, 2.24) is 10.6 Å². The van der Waals surface area contributed by atoms with Crippen molar-refractivity contribution in [2.24, 2.45) is 0 Å². The van der Waals surface area contributed by atoms with Gasteiger partial charge in [0.25, 0.3) is 0 Å². The minimum absolute atomic E-state index is 0.0360. The zero-order valence-corrected chi connectivity index (χ0v) is 23.5. The summed E-state index contributed by atoms with van der Waals surface area (Å²) in [4.78, 5) is 11.9. The van der Waals surface area contributed by atoms with Crippen molar-refractivity contribution >= 4 is 25.1 Å². The van der Waals surface area contributed by atoms with Crippen LogP contribution in [0.5, 0.6) is 0 Å². The summed E-state index contributed by atoms with van der Waals surface area (Å²) in [6, 6.07) is 2.09. The molecule has 2 amide bonds. The third kappa shape index (κ3) is 19.5. The largest absolute Gasteiger partial charge is 0.354 e. The molecule has 0 aromatic carbocycles. The first kappa shape index (κ1) is 29.5. The second kappa shape index (κ2) is 18.1. The molecule has 0 aliphatic carbocycles. The molecule has 0 saturated carbocycles. The average Bonchev–Trinajstić information content (AvgIpc) is 2.58. The normalized spacial score (nSPS) is 13.0. The molecular formula is C21H48N2O5Si2. The van der Waals surface area contributed by atoms with Gasteiger partial charge in [0.1, 0.15) is 11.8 Å². The van der Waals surface area contributed by atoms with Crippen molar-refractivity contribution in [3.63, 3.8) is 0 Å². The SMILES string of the molecule is CC(C)OC(OC(C)C)[SiH2]CCCNC(=O)NCCC[SiH2]C(OC(C)C)OC(C)C. The van der Waals surface area contributed by atoms with Crippen molar-refractivity contribution in [2.75, 3.05) is 13.1 Å². The number of urea groups is 1. The van der Waals surface area contributed by atoms with Crippen LogP contribution >= 0.6 is 0 Å². The zero-order valence-electron chi connectivity index (χ0n) is 20.7. The van der Waals surface area contributed by atoms with Gasteiger partial charge in [-0.05, 0) is 68.2 Å². The van der Waals surface area contributed by atoms with Crippen LogP contribution < -0.4 is 10.6 Å². The van der Waals surface area contributed by atoms with E-state index in [9.17, 15) is 4.79 Å². The number of amides is 2. The van der Waals surface area contributed by atoms with Gasteiger partial charge in [0.15, 0.2) is 0 Å². The van der Waals surface area contributed by atoms with Crippen molar-refractivity contribution < 1.29 is 23.7 Å². The molecule has 0 aliphatic heterocycles. The summed E-state index contributed by atoms with van der Waals surface area (Å²) in [5, 5.41) is 5.88. The number of nitrogens with one attached hydrogen (secondary N) is 2. The molecule has 30 heavy (non-hydrogen) atoms. The van der Waals surface area contributed by atoms with Crippen molar-refractivity contribution in [3.8, 4) is 0 Å². The average molecular weight is 465 g/mol. The summed E-state index contributed by atoms with van der Waals surface area (Å²) in [5.41, 5.74) is 0. The van der Waals surface area contributed by atoms with Gasteiger partial charge >= 0.3 is 6.03 Å². The number of carbonyl (C=O) groups is 1. The molecule has 0 spiro atoms. The van der Waals surface area contributed by atoms with Crippen LogP contribution in [0.1, 0.15) is 68.2 Å². The molecule has 0 aromatic rings. The van der Waals surface area contributed by atoms with Crippen molar-refractivity contribution in [2.45, 2.75) is 117 Å². The molecule has 0 aromatic heterocycles. The molecule has 180 valence electrons. The van der Waals surface area contributed by atoms with E-state index in [-0.39, 0.29) is 42.3 Å². The molecule has 0 bridgehead atoms. The highest BCUT2D eigenvalue weighted by molar-refractivity contribution is 6.36. The number of ether oxygens (including phenoxy) is 4. The fraction of sp³-hybridized carbons (Fsp3) is 0.952. The third-order valence-corrected chi connectivity index (χ3v) is 7.53. The summed E-state index contributed by atoms with van der Waals surface area (Å²) < 4.78 is 23.4. The molecule has 0 unspecified atom stereocenters. The Bertz CT molecular complexity index is 370. The lowest BCUT2D eigenvalue weighted by molar-refractivity contribution is -0.134. The number of hydrogen-bond donors (Lipinski definition) is 2. The third-order valence-electron chi connectivity index (χ3n) is 4.00. The molecule has 0 radical (unpaired) electrons. The highest BCUT2D eigenvalue weighted by Gasteiger charge is 2.14. The van der Waals surface area contributed by atoms with Crippen LogP contribution in [0.2, 0.25) is 12.1 Å². The smallest absolute Gasteiger partial charge is 0.314 e. The fourth-order valence-electron chi connectivity index (χ4n) is 2.89. The molecule has 0 saturated heterocycles. The lowest BCUT2D eigenvalue weighted by Gasteiger charge is -2.23. The lowest BCUT2D eigenvalue weighted by Crippen LogP contribution is -2.37. The Morgan fingerprint density at radius 3 is 1.20 bits per heavy atom. The lowest BCUT2D eigenvalue weighted by atomic mass is 10.4. The quantitative estimate of drug-likeness (QED) is 0.185. The van der Waals surface area contributed by atoms with Crippen LogP contribution in [-0.2, 0) is 18.9 Å². The summed E-state index contributed by atoms with van der Waals surface area (Å²) in [5.74, 6) is -0.0719. The molecule has 0 heterocycles. The Morgan fingerprint density at radius 1 is 0.633 bits per heavy atom. The van der Waals surface area contributed by atoms with Gasteiger partial charge in [-0.2, -0.15) is 0 Å². The zero-order chi connectivity index (χ0) is 22.9. The van der Waals surface area contributed by atoms with Gasteiger partial charge in [-0.15, -0.1) is 0 Å². The molecular weight excluding hydrogens is 416 g/mol. The van der Waals surface area contributed by atoms with Crippen LogP contribution in [0.3, 0.4) is 0 Å². The predicted molar refractivity (Wildman–Crippen MR) is 130 cm³/mol. The highest BCUT2D eigenvalue weighted by Crippen LogP contribution is 2.06. The van der Waals surface area contributed by atoms with Gasteiger partial charge in [0.05, 0.1) is 43.5 Å². The monoisotopic (exact) mass is 464 g/mol. The maximum atomic E-state index is 11.9. The van der Waals surface area contributed by atoms with Crippen LogP contribution in [-0.4, -0.2) is 74.4 Å². The molecule has 0 atom stereocenters. The van der Waals surface area contributed by atoms with E-state index < -0.39 is 19.0 Å². The fourth-order valence-corrected chi connectivity index (χ4v) is 6.72. The maximum absolute atomic E-state index is 11.9. The van der Waals surface area contributed by atoms with Gasteiger partial charge in [0.2, 0.25) is 0 Å². The summed E-state index contributed by atoms with van der Waals surface area (Å²) in [6.45, 7) is 17.7. The minimum Gasteiger partial charge on any atom is -0.354 e. The Hall–Kier alpha value is -0.456. The van der Waals surface area contributed by atoms with E-state index in [1.165, 1.54) is 0 Å². The van der Waals surface area contributed by atoms with Crippen LogP contribution in [0.4, 0.5) is 4.79 Å². The number of carbonyl (C=O) groups excluding carboxylic acids is 1. The van der Waals surface area contributed by atoms with Crippen LogP contribution in [0.25, 0.3) is 0 Å². The van der Waals surface area contributed by atoms with Gasteiger partial charge in [0, 0.05) is 13.1 Å². The van der Waals surface area contributed by atoms with Crippen LogP contribution in [0.15, 0.2) is 0 Å². The molecule has 7 nitrogen and oxygen atoms in total. The van der Waals surface area contributed by atoms with E-state index in [2.05, 4.69) is 10.6 Å². The Morgan fingerprint density at radius 2 is 0.933 bits per heavy atom. The predicted octanol–water partition coefficient (Wildman–Crippen LogP) is 2.51. The summed E-state index contributed by atoms with van der Waals surface area (Å²) >= 11 is 0.